The summed E-state index contributed by atoms with van der Waals surface area (Å²) in [4.78, 5) is 17.0. The molecule has 1 N–H and O–H groups in total. The van der Waals surface area contributed by atoms with Crippen LogP contribution in [0.2, 0.25) is 0 Å². The van der Waals surface area contributed by atoms with E-state index in [1.807, 2.05) is 30.6 Å². The summed E-state index contributed by atoms with van der Waals surface area (Å²) in [6, 6.07) is 10.2. The number of fused-ring (bicyclic) bond motifs is 1. The molecule has 0 radical (unpaired) electrons. The van der Waals surface area contributed by atoms with Crippen molar-refractivity contribution in [2.24, 2.45) is 5.92 Å². The number of nitrogens with zero attached hydrogens (tertiary/aromatic N) is 3. The number of aromatic nitrogens is 4. The van der Waals surface area contributed by atoms with Crippen molar-refractivity contribution < 1.29 is 0 Å². The van der Waals surface area contributed by atoms with Gasteiger partial charge in [-0.15, -0.1) is 0 Å². The molecule has 0 spiro atoms. The van der Waals surface area contributed by atoms with Crippen molar-refractivity contribution in [3.8, 4) is 11.4 Å². The average Bonchev–Trinajstić information content (AvgIpc) is 3.16. The summed E-state index contributed by atoms with van der Waals surface area (Å²) in [5, 5.41) is 2.28. The fourth-order valence-electron chi connectivity index (χ4n) is 4.14. The molecule has 0 bridgehead atoms. The number of pyridine rings is 2. The van der Waals surface area contributed by atoms with Gasteiger partial charge < -0.3 is 4.98 Å². The highest BCUT2D eigenvalue weighted by Crippen LogP contribution is 2.47. The third-order valence-corrected chi connectivity index (χ3v) is 5.77. The second-order valence-corrected chi connectivity index (χ2v) is 7.07. The summed E-state index contributed by atoms with van der Waals surface area (Å²) in [6.45, 7) is 0. The number of aromatic amines is 1. The number of hydrogen-bond donors (Lipinski definition) is 1. The fourth-order valence-corrected chi connectivity index (χ4v) is 4.14. The third kappa shape index (κ3) is 2.32. The van der Waals surface area contributed by atoms with Crippen molar-refractivity contribution in [1.82, 2.24) is 19.9 Å². The Morgan fingerprint density at radius 1 is 1.08 bits per heavy atom. The zero-order valence-electron chi connectivity index (χ0n) is 14.0. The van der Waals surface area contributed by atoms with Crippen LogP contribution >= 0.6 is 0 Å². The van der Waals surface area contributed by atoms with Gasteiger partial charge in [-0.2, -0.15) is 0 Å². The largest absolute Gasteiger partial charge is 0.348 e. The highest BCUT2D eigenvalue weighted by molar-refractivity contribution is 5.57. The molecule has 4 heteroatoms. The maximum atomic E-state index is 4.95. The van der Waals surface area contributed by atoms with Crippen molar-refractivity contribution >= 4 is 12.2 Å². The molecular formula is C21H20N4. The first-order chi connectivity index (χ1) is 12.4. The first-order valence-electron chi connectivity index (χ1n) is 8.96. The Morgan fingerprint density at radius 2 is 2.04 bits per heavy atom. The zero-order chi connectivity index (χ0) is 16.7. The van der Waals surface area contributed by atoms with E-state index in [1.54, 1.807) is 6.33 Å². The minimum atomic E-state index is -0.00249. The molecule has 4 nitrogen and oxygen atoms in total. The first kappa shape index (κ1) is 14.6. The van der Waals surface area contributed by atoms with E-state index in [9.17, 15) is 0 Å². The Hall–Kier alpha value is -2.75. The predicted molar refractivity (Wildman–Crippen MR) is 97.9 cm³/mol. The van der Waals surface area contributed by atoms with Crippen LogP contribution in [0.3, 0.4) is 0 Å². The normalized spacial score (nSPS) is 22.4. The smallest absolute Gasteiger partial charge is 0.0922 e. The Morgan fingerprint density at radius 3 is 2.76 bits per heavy atom. The van der Waals surface area contributed by atoms with Gasteiger partial charge in [0.05, 0.1) is 23.1 Å². The molecule has 0 amide bonds. The topological polar surface area (TPSA) is 54.5 Å². The van der Waals surface area contributed by atoms with E-state index in [4.69, 9.17) is 4.98 Å². The van der Waals surface area contributed by atoms with Gasteiger partial charge in [-0.05, 0) is 54.7 Å². The van der Waals surface area contributed by atoms with E-state index in [0.717, 1.165) is 23.2 Å². The Kier molecular flexibility index (Phi) is 3.30. The number of nitrogens with one attached hydrogen (secondary N) is 1. The van der Waals surface area contributed by atoms with E-state index in [-0.39, 0.29) is 5.41 Å². The van der Waals surface area contributed by atoms with Crippen LogP contribution < -0.4 is 10.6 Å². The third-order valence-electron chi connectivity index (χ3n) is 5.77. The lowest BCUT2D eigenvalue weighted by molar-refractivity contribution is 0.214. The molecule has 1 atom stereocenters. The molecule has 0 aromatic carbocycles. The molecule has 2 aliphatic carbocycles. The summed E-state index contributed by atoms with van der Waals surface area (Å²) in [5.41, 5.74) is 3.06. The molecule has 3 heterocycles. The van der Waals surface area contributed by atoms with Gasteiger partial charge in [0, 0.05) is 23.5 Å². The molecule has 1 saturated carbocycles. The van der Waals surface area contributed by atoms with Crippen LogP contribution in [0.1, 0.15) is 31.4 Å². The summed E-state index contributed by atoms with van der Waals surface area (Å²) >= 11 is 0. The molecule has 0 saturated heterocycles. The van der Waals surface area contributed by atoms with E-state index in [1.165, 1.54) is 30.2 Å². The lowest BCUT2D eigenvalue weighted by Crippen LogP contribution is -2.45. The standard InChI is InChI=1S/C21H20N4/c1-2-11-23-17(6-1)18-8-7-15-9-10-21(12-19(15)25-18,16-4-3-5-16)20-13-22-14-24-20/h1-2,6-9,11-14,16H,3-5,10H2,(H,22,24). The van der Waals surface area contributed by atoms with Gasteiger partial charge in [0.15, 0.2) is 0 Å². The molecule has 1 unspecified atom stereocenters. The van der Waals surface area contributed by atoms with Crippen LogP contribution in [0, 0.1) is 5.92 Å². The lowest BCUT2D eigenvalue weighted by Gasteiger charge is -2.43. The van der Waals surface area contributed by atoms with Crippen LogP contribution in [0.15, 0.2) is 49.1 Å². The average molecular weight is 328 g/mol. The molecular weight excluding hydrogens is 308 g/mol. The van der Waals surface area contributed by atoms with Crippen molar-refractivity contribution in [3.05, 3.63) is 65.3 Å². The van der Waals surface area contributed by atoms with Crippen LogP contribution in [-0.4, -0.2) is 19.9 Å². The predicted octanol–water partition coefficient (Wildman–Crippen LogP) is 2.57. The minimum absolute atomic E-state index is 0.00249. The fraction of sp³-hybridized carbons (Fsp3) is 0.286. The highest BCUT2D eigenvalue weighted by atomic mass is 14.9. The second-order valence-electron chi connectivity index (χ2n) is 7.07. The highest BCUT2D eigenvalue weighted by Gasteiger charge is 2.42. The maximum Gasteiger partial charge on any atom is 0.0922 e. The second kappa shape index (κ2) is 5.66. The van der Waals surface area contributed by atoms with Gasteiger partial charge in [0.2, 0.25) is 0 Å². The van der Waals surface area contributed by atoms with Crippen LogP contribution in [0.25, 0.3) is 23.5 Å². The van der Waals surface area contributed by atoms with Gasteiger partial charge in [-0.1, -0.05) is 24.6 Å². The lowest BCUT2D eigenvalue weighted by atomic mass is 9.61. The van der Waals surface area contributed by atoms with Gasteiger partial charge in [-0.3, -0.25) is 4.98 Å². The van der Waals surface area contributed by atoms with Gasteiger partial charge >= 0.3 is 0 Å². The van der Waals surface area contributed by atoms with E-state index in [0.29, 0.717) is 5.92 Å². The van der Waals surface area contributed by atoms with Crippen LogP contribution in [0.4, 0.5) is 0 Å². The molecule has 5 rings (SSSR count). The number of imidazole rings is 1. The Balaban J connectivity index is 1.68. The van der Waals surface area contributed by atoms with Gasteiger partial charge in [-0.25, -0.2) is 9.97 Å². The summed E-state index contributed by atoms with van der Waals surface area (Å²) < 4.78 is 0. The van der Waals surface area contributed by atoms with Crippen molar-refractivity contribution in [2.45, 2.75) is 31.1 Å². The number of rotatable bonds is 3. The van der Waals surface area contributed by atoms with Gasteiger partial charge in [0.25, 0.3) is 0 Å². The van der Waals surface area contributed by atoms with E-state index < -0.39 is 0 Å². The number of hydrogen-bond acceptors (Lipinski definition) is 3. The number of H-pyrrole nitrogens is 1. The Labute approximate surface area is 146 Å². The molecule has 25 heavy (non-hydrogen) atoms. The summed E-state index contributed by atoms with van der Waals surface area (Å²) in [7, 11) is 0. The van der Waals surface area contributed by atoms with Crippen molar-refractivity contribution in [3.63, 3.8) is 0 Å². The monoisotopic (exact) mass is 328 g/mol. The Bertz CT molecular complexity index is 1000. The summed E-state index contributed by atoms with van der Waals surface area (Å²) in [5.74, 6) is 0.664. The quantitative estimate of drug-likeness (QED) is 0.804. The molecule has 1 fully saturated rings. The zero-order valence-corrected chi connectivity index (χ0v) is 14.0. The van der Waals surface area contributed by atoms with Crippen LogP contribution in [-0.2, 0) is 5.41 Å². The van der Waals surface area contributed by atoms with E-state index >= 15 is 0 Å². The minimum Gasteiger partial charge on any atom is -0.348 e. The van der Waals surface area contributed by atoms with Gasteiger partial charge in [0.1, 0.15) is 0 Å². The molecule has 3 aromatic heterocycles. The summed E-state index contributed by atoms with van der Waals surface area (Å²) in [6.07, 6.45) is 15.2. The maximum absolute atomic E-state index is 4.95. The molecule has 3 aromatic rings. The van der Waals surface area contributed by atoms with Crippen LogP contribution in [0.5, 0.6) is 0 Å². The van der Waals surface area contributed by atoms with E-state index in [2.05, 4.69) is 39.2 Å². The van der Waals surface area contributed by atoms with Crippen molar-refractivity contribution in [2.75, 3.05) is 0 Å². The van der Waals surface area contributed by atoms with Crippen molar-refractivity contribution in [1.29, 1.82) is 0 Å². The molecule has 2 aliphatic rings. The molecule has 0 aliphatic heterocycles. The molecule has 124 valence electrons. The first-order valence-corrected chi connectivity index (χ1v) is 8.96. The SMILES string of the molecule is C1=c2ccc(-c3ccccn3)nc2=CC(c2cnc[nH]2)(C2CCC2)C1.